The molecule has 1 N–H and O–H groups in total. The molecule has 96 valence electrons. The molecule has 2 rings (SSSR count). The smallest absolute Gasteiger partial charge is 0.252 e. The highest BCUT2D eigenvalue weighted by molar-refractivity contribution is 5.91. The highest BCUT2D eigenvalue weighted by Crippen LogP contribution is 2.23. The number of para-hydroxylation sites is 1. The zero-order valence-corrected chi connectivity index (χ0v) is 11.1. The molecule has 4 nitrogen and oxygen atoms in total. The molecule has 2 aromatic rings. The zero-order chi connectivity index (χ0) is 13.1. The number of pyridine rings is 1. The van der Waals surface area contributed by atoms with Gasteiger partial charge in [-0.3, -0.25) is 4.79 Å². The number of nitrogens with zero attached hydrogens (tertiary/aromatic N) is 2. The van der Waals surface area contributed by atoms with E-state index in [4.69, 9.17) is 0 Å². The summed E-state index contributed by atoms with van der Waals surface area (Å²) in [7, 11) is 5.75. The lowest BCUT2D eigenvalue weighted by Gasteiger charge is -2.21. The van der Waals surface area contributed by atoms with Gasteiger partial charge < -0.3 is 14.8 Å². The van der Waals surface area contributed by atoms with Gasteiger partial charge in [-0.2, -0.15) is 0 Å². The number of aromatic nitrogens is 1. The topological polar surface area (TPSA) is 37.3 Å². The molecular formula is C14H19N3O. The van der Waals surface area contributed by atoms with Gasteiger partial charge in [-0.15, -0.1) is 0 Å². The lowest BCUT2D eigenvalue weighted by molar-refractivity contribution is 0.767. The van der Waals surface area contributed by atoms with Crippen molar-refractivity contribution in [1.82, 2.24) is 9.88 Å². The van der Waals surface area contributed by atoms with Gasteiger partial charge in [-0.05, 0) is 13.1 Å². The second kappa shape index (κ2) is 5.23. The average molecular weight is 245 g/mol. The Morgan fingerprint density at radius 1 is 1.33 bits per heavy atom. The minimum Gasteiger partial charge on any atom is -0.373 e. The van der Waals surface area contributed by atoms with E-state index in [1.54, 1.807) is 10.6 Å². The van der Waals surface area contributed by atoms with Crippen molar-refractivity contribution in [3.63, 3.8) is 0 Å². The molecule has 0 unspecified atom stereocenters. The van der Waals surface area contributed by atoms with Crippen molar-refractivity contribution < 1.29 is 0 Å². The van der Waals surface area contributed by atoms with Crippen molar-refractivity contribution in [3.05, 3.63) is 40.7 Å². The SMILES string of the molecule is CNCCN(C)c1cc(=O)n(C)c2ccccc12. The van der Waals surface area contributed by atoms with Crippen LogP contribution in [0, 0.1) is 0 Å². The Balaban J connectivity index is 2.57. The maximum absolute atomic E-state index is 12.0. The van der Waals surface area contributed by atoms with Crippen LogP contribution in [-0.2, 0) is 7.05 Å². The molecule has 1 aromatic carbocycles. The maximum Gasteiger partial charge on any atom is 0.252 e. The monoisotopic (exact) mass is 245 g/mol. The molecule has 0 bridgehead atoms. The number of rotatable bonds is 4. The van der Waals surface area contributed by atoms with Crippen molar-refractivity contribution in [2.75, 3.05) is 32.1 Å². The standard InChI is InChI=1S/C14H19N3O/c1-15-8-9-16(2)13-10-14(18)17(3)12-7-5-4-6-11(12)13/h4-7,10,15H,8-9H2,1-3H3. The third kappa shape index (κ3) is 2.24. The number of nitrogens with one attached hydrogen (secondary N) is 1. The lowest BCUT2D eigenvalue weighted by atomic mass is 10.1. The summed E-state index contributed by atoms with van der Waals surface area (Å²) in [5.41, 5.74) is 1.99. The molecule has 0 atom stereocenters. The Kier molecular flexibility index (Phi) is 3.67. The van der Waals surface area contributed by atoms with Crippen LogP contribution in [0.1, 0.15) is 0 Å². The summed E-state index contributed by atoms with van der Waals surface area (Å²) in [5.74, 6) is 0. The fourth-order valence-electron chi connectivity index (χ4n) is 2.11. The third-order valence-corrected chi connectivity index (χ3v) is 3.24. The van der Waals surface area contributed by atoms with E-state index in [0.29, 0.717) is 0 Å². The van der Waals surface area contributed by atoms with Crippen molar-refractivity contribution in [3.8, 4) is 0 Å². The first kappa shape index (κ1) is 12.6. The molecule has 18 heavy (non-hydrogen) atoms. The number of anilines is 1. The molecule has 1 heterocycles. The van der Waals surface area contributed by atoms with Gasteiger partial charge >= 0.3 is 0 Å². The quantitative estimate of drug-likeness (QED) is 0.879. The molecule has 1 aromatic heterocycles. The van der Waals surface area contributed by atoms with E-state index in [2.05, 4.69) is 16.3 Å². The number of fused-ring (bicyclic) bond motifs is 1. The van der Waals surface area contributed by atoms with Gasteiger partial charge in [0, 0.05) is 38.6 Å². The third-order valence-electron chi connectivity index (χ3n) is 3.24. The minimum absolute atomic E-state index is 0.0278. The van der Waals surface area contributed by atoms with Crippen LogP contribution >= 0.6 is 0 Å². The van der Waals surface area contributed by atoms with Gasteiger partial charge in [-0.1, -0.05) is 18.2 Å². The molecule has 0 amide bonds. The number of aryl methyl sites for hydroxylation is 1. The Morgan fingerprint density at radius 3 is 2.78 bits per heavy atom. The van der Waals surface area contributed by atoms with Crippen LogP contribution in [-0.4, -0.2) is 31.8 Å². The molecule has 0 fully saturated rings. The fourth-order valence-corrected chi connectivity index (χ4v) is 2.11. The molecule has 0 aliphatic heterocycles. The average Bonchev–Trinajstić information content (AvgIpc) is 2.40. The van der Waals surface area contributed by atoms with Crippen LogP contribution in [0.4, 0.5) is 5.69 Å². The highest BCUT2D eigenvalue weighted by Gasteiger charge is 2.09. The summed E-state index contributed by atoms with van der Waals surface area (Å²) < 4.78 is 1.69. The van der Waals surface area contributed by atoms with E-state index >= 15 is 0 Å². The second-order valence-corrected chi connectivity index (χ2v) is 4.47. The normalized spacial score (nSPS) is 10.8. The van der Waals surface area contributed by atoms with Gasteiger partial charge in [-0.25, -0.2) is 0 Å². The van der Waals surface area contributed by atoms with Gasteiger partial charge in [0.15, 0.2) is 0 Å². The Morgan fingerprint density at radius 2 is 2.06 bits per heavy atom. The number of hydrogen-bond acceptors (Lipinski definition) is 3. The second-order valence-electron chi connectivity index (χ2n) is 4.47. The number of hydrogen-bond donors (Lipinski definition) is 1. The summed E-state index contributed by atoms with van der Waals surface area (Å²) in [6.45, 7) is 1.76. The van der Waals surface area contributed by atoms with Gasteiger partial charge in [0.05, 0.1) is 11.2 Å². The van der Waals surface area contributed by atoms with Crippen LogP contribution in [0.5, 0.6) is 0 Å². The van der Waals surface area contributed by atoms with Gasteiger partial charge in [0.25, 0.3) is 5.56 Å². The van der Waals surface area contributed by atoms with Crippen LogP contribution in [0.25, 0.3) is 10.9 Å². The molecule has 0 aliphatic carbocycles. The van der Waals surface area contributed by atoms with Crippen molar-refractivity contribution in [2.24, 2.45) is 7.05 Å². The highest BCUT2D eigenvalue weighted by atomic mass is 16.1. The summed E-state index contributed by atoms with van der Waals surface area (Å²) in [5, 5.41) is 4.23. The first-order valence-corrected chi connectivity index (χ1v) is 6.09. The lowest BCUT2D eigenvalue weighted by Crippen LogP contribution is -2.29. The summed E-state index contributed by atoms with van der Waals surface area (Å²) in [6.07, 6.45) is 0. The Hall–Kier alpha value is -1.81. The van der Waals surface area contributed by atoms with Gasteiger partial charge in [0.1, 0.15) is 0 Å². The van der Waals surface area contributed by atoms with E-state index in [1.165, 1.54) is 0 Å². The molecule has 0 saturated carbocycles. The molecular weight excluding hydrogens is 226 g/mol. The van der Waals surface area contributed by atoms with Crippen molar-refractivity contribution in [2.45, 2.75) is 0 Å². The first-order chi connectivity index (χ1) is 8.65. The van der Waals surface area contributed by atoms with Crippen molar-refractivity contribution in [1.29, 1.82) is 0 Å². The van der Waals surface area contributed by atoms with E-state index in [0.717, 1.165) is 29.7 Å². The largest absolute Gasteiger partial charge is 0.373 e. The van der Waals surface area contributed by atoms with E-state index < -0.39 is 0 Å². The van der Waals surface area contributed by atoms with Crippen molar-refractivity contribution >= 4 is 16.6 Å². The maximum atomic E-state index is 12.0. The minimum atomic E-state index is 0.0278. The molecule has 4 heteroatoms. The first-order valence-electron chi connectivity index (χ1n) is 6.09. The van der Waals surface area contributed by atoms with Crippen LogP contribution < -0.4 is 15.8 Å². The predicted molar refractivity (Wildman–Crippen MR) is 76.4 cm³/mol. The van der Waals surface area contributed by atoms with Gasteiger partial charge in [0.2, 0.25) is 0 Å². The fraction of sp³-hybridized carbons (Fsp3) is 0.357. The molecule has 0 radical (unpaired) electrons. The van der Waals surface area contributed by atoms with E-state index in [-0.39, 0.29) is 5.56 Å². The number of likely N-dealkylation sites (N-methyl/N-ethyl adjacent to an activating group) is 2. The van der Waals surface area contributed by atoms with E-state index in [1.807, 2.05) is 39.3 Å². The number of benzene rings is 1. The molecule has 0 saturated heterocycles. The predicted octanol–water partition coefficient (Wildman–Crippen LogP) is 1.19. The van der Waals surface area contributed by atoms with Crippen LogP contribution in [0.2, 0.25) is 0 Å². The zero-order valence-electron chi connectivity index (χ0n) is 11.1. The summed E-state index contributed by atoms with van der Waals surface area (Å²) in [4.78, 5) is 14.1. The van der Waals surface area contributed by atoms with Crippen LogP contribution in [0.3, 0.4) is 0 Å². The van der Waals surface area contributed by atoms with Crippen LogP contribution in [0.15, 0.2) is 35.1 Å². The summed E-state index contributed by atoms with van der Waals surface area (Å²) >= 11 is 0. The van der Waals surface area contributed by atoms with E-state index in [9.17, 15) is 4.79 Å². The molecule has 0 aliphatic rings. The molecule has 0 spiro atoms. The summed E-state index contributed by atoms with van der Waals surface area (Å²) in [6, 6.07) is 9.70. The Bertz CT molecular complexity index is 604. The Labute approximate surface area is 107 Å².